The Morgan fingerprint density at radius 1 is 1.10 bits per heavy atom. The quantitative estimate of drug-likeness (QED) is 0.702. The van der Waals surface area contributed by atoms with E-state index in [0.29, 0.717) is 16.6 Å². The van der Waals surface area contributed by atoms with Crippen LogP contribution in [0.15, 0.2) is 63.4 Å². The molecule has 1 N–H and O–H groups in total. The van der Waals surface area contributed by atoms with Gasteiger partial charge in [0.25, 0.3) is 5.56 Å². The maximum absolute atomic E-state index is 12.2. The SMILES string of the molecule is O=c1[nH]c2ccccc2c(=O)n1N=Cc1ccccn1. The van der Waals surface area contributed by atoms with Crippen LogP contribution < -0.4 is 11.2 Å². The molecule has 0 radical (unpaired) electrons. The summed E-state index contributed by atoms with van der Waals surface area (Å²) in [6.45, 7) is 0. The third-order valence-corrected chi connectivity index (χ3v) is 2.78. The van der Waals surface area contributed by atoms with Gasteiger partial charge in [-0.2, -0.15) is 5.10 Å². The van der Waals surface area contributed by atoms with Crippen LogP contribution >= 0.6 is 0 Å². The predicted molar refractivity (Wildman–Crippen MR) is 76.1 cm³/mol. The van der Waals surface area contributed by atoms with E-state index in [9.17, 15) is 9.59 Å². The molecule has 3 aromatic rings. The van der Waals surface area contributed by atoms with Crippen molar-refractivity contribution in [2.45, 2.75) is 0 Å². The van der Waals surface area contributed by atoms with E-state index in [0.717, 1.165) is 4.68 Å². The van der Waals surface area contributed by atoms with E-state index in [2.05, 4.69) is 15.1 Å². The van der Waals surface area contributed by atoms with Crippen molar-refractivity contribution in [1.29, 1.82) is 0 Å². The molecule has 0 saturated heterocycles. The molecular weight excluding hydrogens is 256 g/mol. The standard InChI is InChI=1S/C14H10N4O2/c19-13-11-6-1-2-7-12(11)17-14(20)18(13)16-9-10-5-3-4-8-15-10/h1-9H,(H,17,20). The first-order valence-corrected chi connectivity index (χ1v) is 5.95. The minimum absolute atomic E-state index is 0.408. The van der Waals surface area contributed by atoms with Gasteiger partial charge in [0.2, 0.25) is 0 Å². The number of nitrogens with zero attached hydrogens (tertiary/aromatic N) is 3. The third-order valence-electron chi connectivity index (χ3n) is 2.78. The van der Waals surface area contributed by atoms with Crippen molar-refractivity contribution in [3.05, 3.63) is 75.2 Å². The van der Waals surface area contributed by atoms with Gasteiger partial charge in [-0.1, -0.05) is 18.2 Å². The Hall–Kier alpha value is -3.02. The van der Waals surface area contributed by atoms with Crippen LogP contribution in [0.1, 0.15) is 5.69 Å². The van der Waals surface area contributed by atoms with E-state index in [1.807, 2.05) is 0 Å². The normalized spacial score (nSPS) is 11.2. The summed E-state index contributed by atoms with van der Waals surface area (Å²) in [6.07, 6.45) is 2.97. The van der Waals surface area contributed by atoms with Crippen molar-refractivity contribution >= 4 is 17.1 Å². The van der Waals surface area contributed by atoms with Gasteiger partial charge in [0.05, 0.1) is 22.8 Å². The molecule has 3 rings (SSSR count). The highest BCUT2D eigenvalue weighted by atomic mass is 16.2. The Morgan fingerprint density at radius 2 is 1.90 bits per heavy atom. The maximum atomic E-state index is 12.2. The van der Waals surface area contributed by atoms with E-state index < -0.39 is 11.2 Å². The van der Waals surface area contributed by atoms with Crippen LogP contribution in [0.4, 0.5) is 0 Å². The Kier molecular flexibility index (Phi) is 2.96. The molecule has 6 heteroatoms. The number of nitrogens with one attached hydrogen (secondary N) is 1. The molecule has 0 aliphatic heterocycles. The zero-order valence-electron chi connectivity index (χ0n) is 10.4. The fraction of sp³-hybridized carbons (Fsp3) is 0. The monoisotopic (exact) mass is 266 g/mol. The molecule has 98 valence electrons. The largest absolute Gasteiger partial charge is 0.349 e. The second-order valence-corrected chi connectivity index (χ2v) is 4.09. The van der Waals surface area contributed by atoms with Crippen LogP contribution in [0.2, 0.25) is 0 Å². The van der Waals surface area contributed by atoms with Crippen LogP contribution in [-0.4, -0.2) is 20.9 Å². The van der Waals surface area contributed by atoms with Gasteiger partial charge in [-0.25, -0.2) is 4.79 Å². The van der Waals surface area contributed by atoms with E-state index in [1.54, 1.807) is 48.7 Å². The number of aromatic nitrogens is 3. The average Bonchev–Trinajstić information content (AvgIpc) is 2.48. The molecule has 0 fully saturated rings. The summed E-state index contributed by atoms with van der Waals surface area (Å²) in [6, 6.07) is 12.1. The maximum Gasteiger partial charge on any atom is 0.349 e. The summed E-state index contributed by atoms with van der Waals surface area (Å²) in [5, 5.41) is 4.31. The minimum atomic E-state index is -0.583. The topological polar surface area (TPSA) is 80.1 Å². The molecule has 0 aliphatic carbocycles. The van der Waals surface area contributed by atoms with Gasteiger partial charge in [0.15, 0.2) is 0 Å². The Balaban J connectivity index is 2.15. The smallest absolute Gasteiger partial charge is 0.305 e. The molecule has 0 amide bonds. The summed E-state index contributed by atoms with van der Waals surface area (Å²) in [4.78, 5) is 30.7. The number of para-hydroxylation sites is 1. The number of aromatic amines is 1. The van der Waals surface area contributed by atoms with Crippen molar-refractivity contribution in [2.75, 3.05) is 0 Å². The Labute approximate surface area is 113 Å². The molecule has 2 heterocycles. The zero-order chi connectivity index (χ0) is 13.9. The number of hydrogen-bond acceptors (Lipinski definition) is 4. The lowest BCUT2D eigenvalue weighted by Gasteiger charge is -2.00. The molecule has 0 aliphatic rings. The first-order valence-electron chi connectivity index (χ1n) is 5.95. The van der Waals surface area contributed by atoms with Crippen molar-refractivity contribution in [2.24, 2.45) is 5.10 Å². The second kappa shape index (κ2) is 4.93. The van der Waals surface area contributed by atoms with Gasteiger partial charge >= 0.3 is 5.69 Å². The zero-order valence-corrected chi connectivity index (χ0v) is 10.4. The molecule has 1 aromatic carbocycles. The molecule has 2 aromatic heterocycles. The summed E-state index contributed by atoms with van der Waals surface area (Å²) in [7, 11) is 0. The Bertz CT molecular complexity index is 894. The first kappa shape index (κ1) is 12.0. The Morgan fingerprint density at radius 3 is 2.70 bits per heavy atom. The molecule has 0 unspecified atom stereocenters. The first-order chi connectivity index (χ1) is 9.75. The summed E-state index contributed by atoms with van der Waals surface area (Å²) in [5.74, 6) is 0. The van der Waals surface area contributed by atoms with E-state index in [-0.39, 0.29) is 0 Å². The van der Waals surface area contributed by atoms with E-state index >= 15 is 0 Å². The van der Waals surface area contributed by atoms with Gasteiger partial charge in [-0.15, -0.1) is 4.68 Å². The van der Waals surface area contributed by atoms with Gasteiger partial charge < -0.3 is 4.98 Å². The highest BCUT2D eigenvalue weighted by Gasteiger charge is 2.05. The fourth-order valence-electron chi connectivity index (χ4n) is 1.83. The molecule has 6 nitrogen and oxygen atoms in total. The summed E-state index contributed by atoms with van der Waals surface area (Å²) < 4.78 is 0.789. The van der Waals surface area contributed by atoms with Gasteiger partial charge in [-0.05, 0) is 24.3 Å². The number of hydrogen-bond donors (Lipinski definition) is 1. The molecule has 20 heavy (non-hydrogen) atoms. The van der Waals surface area contributed by atoms with E-state index in [4.69, 9.17) is 0 Å². The summed E-state index contributed by atoms with van der Waals surface area (Å²) >= 11 is 0. The second-order valence-electron chi connectivity index (χ2n) is 4.09. The van der Waals surface area contributed by atoms with Crippen LogP contribution in [-0.2, 0) is 0 Å². The van der Waals surface area contributed by atoms with Gasteiger partial charge in [0.1, 0.15) is 0 Å². The number of benzene rings is 1. The molecular formula is C14H10N4O2. The fourth-order valence-corrected chi connectivity index (χ4v) is 1.83. The van der Waals surface area contributed by atoms with Crippen molar-refractivity contribution in [3.63, 3.8) is 0 Å². The van der Waals surface area contributed by atoms with Gasteiger partial charge in [0, 0.05) is 6.20 Å². The van der Waals surface area contributed by atoms with Crippen molar-refractivity contribution < 1.29 is 0 Å². The number of fused-ring (bicyclic) bond motifs is 1. The third kappa shape index (κ3) is 2.14. The molecule has 0 atom stereocenters. The highest BCUT2D eigenvalue weighted by molar-refractivity contribution is 5.78. The molecule has 0 spiro atoms. The van der Waals surface area contributed by atoms with Crippen molar-refractivity contribution in [3.8, 4) is 0 Å². The minimum Gasteiger partial charge on any atom is -0.305 e. The summed E-state index contributed by atoms with van der Waals surface area (Å²) in [5.41, 5.74) is 0.0103. The lowest BCUT2D eigenvalue weighted by atomic mass is 10.2. The number of rotatable bonds is 2. The number of H-pyrrole nitrogens is 1. The predicted octanol–water partition coefficient (Wildman–Crippen LogP) is 0.967. The number of pyridine rings is 1. The van der Waals surface area contributed by atoms with Gasteiger partial charge in [-0.3, -0.25) is 9.78 Å². The molecule has 0 saturated carbocycles. The highest BCUT2D eigenvalue weighted by Crippen LogP contribution is 2.02. The van der Waals surface area contributed by atoms with Crippen LogP contribution in [0.25, 0.3) is 10.9 Å². The van der Waals surface area contributed by atoms with E-state index in [1.165, 1.54) is 6.21 Å². The van der Waals surface area contributed by atoms with Crippen LogP contribution in [0, 0.1) is 0 Å². The average molecular weight is 266 g/mol. The van der Waals surface area contributed by atoms with Crippen molar-refractivity contribution in [1.82, 2.24) is 14.6 Å². The van der Waals surface area contributed by atoms with Crippen LogP contribution in [0.3, 0.4) is 0 Å². The molecule has 0 bridgehead atoms. The lowest BCUT2D eigenvalue weighted by molar-refractivity contribution is 0.771. The van der Waals surface area contributed by atoms with Crippen LogP contribution in [0.5, 0.6) is 0 Å². The lowest BCUT2D eigenvalue weighted by Crippen LogP contribution is -2.32.